The molecule has 3 N–H and O–H groups in total. The molecule has 8 heteroatoms. The number of carbonyl (C=O) groups excluding carboxylic acids is 3. The first-order chi connectivity index (χ1) is 18.4. The fraction of sp³-hybridized carbons (Fsp3) is 0.167. The molecule has 0 radical (unpaired) electrons. The highest BCUT2D eigenvalue weighted by atomic mass is 16.3. The van der Waals surface area contributed by atoms with Crippen molar-refractivity contribution in [1.29, 1.82) is 0 Å². The molecular weight excluding hydrogens is 480 g/mol. The minimum absolute atomic E-state index is 0.0828. The minimum atomic E-state index is -0.345. The van der Waals surface area contributed by atoms with Crippen LogP contribution >= 0.6 is 0 Å². The van der Waals surface area contributed by atoms with Crippen LogP contribution in [0.4, 0.5) is 5.69 Å². The molecule has 8 nitrogen and oxygen atoms in total. The molecule has 1 spiro atoms. The van der Waals surface area contributed by atoms with Crippen LogP contribution in [0.2, 0.25) is 0 Å². The van der Waals surface area contributed by atoms with Crippen molar-refractivity contribution < 1.29 is 18.8 Å². The first-order valence-electron chi connectivity index (χ1n) is 12.6. The molecule has 2 fully saturated rings. The minimum Gasteiger partial charge on any atom is -0.451 e. The summed E-state index contributed by atoms with van der Waals surface area (Å²) in [6, 6.07) is 16.4. The maximum absolute atomic E-state index is 13.7. The van der Waals surface area contributed by atoms with Gasteiger partial charge in [0.05, 0.1) is 5.69 Å². The highest BCUT2D eigenvalue weighted by Gasteiger charge is 2.68. The lowest BCUT2D eigenvalue weighted by Gasteiger charge is -2.28. The second-order valence-electron chi connectivity index (χ2n) is 10.5. The zero-order valence-corrected chi connectivity index (χ0v) is 20.4. The van der Waals surface area contributed by atoms with Gasteiger partial charge in [-0.3, -0.25) is 14.4 Å². The number of rotatable bonds is 3. The van der Waals surface area contributed by atoms with Gasteiger partial charge in [-0.2, -0.15) is 0 Å². The van der Waals surface area contributed by atoms with Crippen LogP contribution in [0.1, 0.15) is 49.1 Å². The molecule has 2 aliphatic carbocycles. The molecule has 8 rings (SSSR count). The van der Waals surface area contributed by atoms with Crippen LogP contribution in [0.25, 0.3) is 21.9 Å². The number of hydrogen-bond acceptors (Lipinski definition) is 4. The smallest absolute Gasteiger partial charge is 0.291 e. The summed E-state index contributed by atoms with van der Waals surface area (Å²) >= 11 is 0. The third-order valence-corrected chi connectivity index (χ3v) is 8.30. The summed E-state index contributed by atoms with van der Waals surface area (Å²) in [4.78, 5) is 47.4. The molecule has 3 aliphatic rings. The van der Waals surface area contributed by atoms with Crippen molar-refractivity contribution in [2.45, 2.75) is 18.8 Å². The number of aryl methyl sites for hydroxylation is 1. The van der Waals surface area contributed by atoms with Crippen LogP contribution in [0, 0.1) is 12.8 Å². The van der Waals surface area contributed by atoms with E-state index in [-0.39, 0.29) is 28.8 Å². The third-order valence-electron chi connectivity index (χ3n) is 8.30. The molecule has 5 aromatic rings. The van der Waals surface area contributed by atoms with Gasteiger partial charge in [0.1, 0.15) is 11.3 Å². The van der Waals surface area contributed by atoms with Gasteiger partial charge in [-0.05, 0) is 66.8 Å². The molecular formula is C30H22N4O4. The largest absolute Gasteiger partial charge is 0.451 e. The number of carbonyl (C=O) groups is 3. The summed E-state index contributed by atoms with van der Waals surface area (Å²) in [5.74, 6) is -0.0310. The number of furan rings is 1. The monoisotopic (exact) mass is 502 g/mol. The topological polar surface area (TPSA) is 111 Å². The van der Waals surface area contributed by atoms with Gasteiger partial charge in [0, 0.05) is 51.9 Å². The molecule has 0 bridgehead atoms. The van der Waals surface area contributed by atoms with Crippen LogP contribution < -0.4 is 5.32 Å². The molecule has 2 amide bonds. The number of nitrogens with one attached hydrogen (secondary N) is 3. The number of piperidine rings is 1. The Morgan fingerprint density at radius 1 is 1.11 bits per heavy atom. The van der Waals surface area contributed by atoms with Crippen molar-refractivity contribution in [3.8, 4) is 0 Å². The highest BCUT2D eigenvalue weighted by molar-refractivity contribution is 6.10. The Labute approximate surface area is 216 Å². The van der Waals surface area contributed by atoms with E-state index in [0.29, 0.717) is 35.1 Å². The van der Waals surface area contributed by atoms with Crippen LogP contribution in [0.5, 0.6) is 0 Å². The molecule has 1 saturated heterocycles. The molecule has 1 aliphatic heterocycles. The fourth-order valence-corrected chi connectivity index (χ4v) is 6.50. The number of aromatic amines is 2. The predicted octanol–water partition coefficient (Wildman–Crippen LogP) is 5.30. The first-order valence-corrected chi connectivity index (χ1v) is 12.6. The van der Waals surface area contributed by atoms with Gasteiger partial charge in [-0.15, -0.1) is 0 Å². The lowest BCUT2D eigenvalue weighted by atomic mass is 9.83. The molecule has 4 heterocycles. The maximum atomic E-state index is 13.7. The number of ketones is 1. The summed E-state index contributed by atoms with van der Waals surface area (Å²) in [7, 11) is 0. The number of likely N-dealkylation sites (tertiary alicyclic amines) is 1. The number of benzene rings is 2. The zero-order valence-electron chi connectivity index (χ0n) is 20.4. The Balaban J connectivity index is 1.07. The molecule has 2 atom stereocenters. The summed E-state index contributed by atoms with van der Waals surface area (Å²) < 4.78 is 5.67. The van der Waals surface area contributed by atoms with E-state index in [1.807, 2.05) is 49.5 Å². The summed E-state index contributed by atoms with van der Waals surface area (Å²) in [6.45, 7) is 2.61. The predicted molar refractivity (Wildman–Crippen MR) is 141 cm³/mol. The Kier molecular flexibility index (Phi) is 3.99. The molecule has 2 aromatic carbocycles. The number of nitrogens with zero attached hydrogens (tertiary/aromatic N) is 1. The quantitative estimate of drug-likeness (QED) is 0.311. The highest BCUT2D eigenvalue weighted by Crippen LogP contribution is 2.67. The second kappa shape index (κ2) is 7.13. The zero-order chi connectivity index (χ0) is 25.8. The standard InChI is InChI=1S/C30H22N4O4/c1-15-13-31-27-22(35)11-25-30(26(15)27)12-18(30)14-34(25)29(37)21-9-17-8-19(6-7-20(17)33-21)32-28(36)24-10-16-4-2-3-5-23(16)38-24/h2-11,13,18,31,33H,12,14H2,1H3,(H,32,36)/t18-,30+/m1/s1. The maximum Gasteiger partial charge on any atom is 0.291 e. The average molecular weight is 503 g/mol. The van der Waals surface area contributed by atoms with Crippen molar-refractivity contribution in [2.75, 3.05) is 11.9 Å². The third kappa shape index (κ3) is 2.77. The van der Waals surface area contributed by atoms with E-state index in [0.717, 1.165) is 39.5 Å². The van der Waals surface area contributed by atoms with Crippen LogP contribution in [0.3, 0.4) is 0 Å². The van der Waals surface area contributed by atoms with Gasteiger partial charge in [0.25, 0.3) is 11.8 Å². The van der Waals surface area contributed by atoms with Crippen molar-refractivity contribution in [3.63, 3.8) is 0 Å². The van der Waals surface area contributed by atoms with E-state index >= 15 is 0 Å². The first kappa shape index (κ1) is 21.3. The van der Waals surface area contributed by atoms with Gasteiger partial charge < -0.3 is 24.6 Å². The fourth-order valence-electron chi connectivity index (χ4n) is 6.50. The molecule has 1 saturated carbocycles. The number of H-pyrrole nitrogens is 2. The lowest BCUT2D eigenvalue weighted by Crippen LogP contribution is -2.34. The lowest BCUT2D eigenvalue weighted by molar-refractivity contribution is 0.0806. The number of hydrogen-bond donors (Lipinski definition) is 3. The van der Waals surface area contributed by atoms with Gasteiger partial charge in [-0.25, -0.2) is 0 Å². The van der Waals surface area contributed by atoms with Crippen molar-refractivity contribution in [3.05, 3.63) is 101 Å². The normalized spacial score (nSPS) is 21.3. The number of fused-ring (bicyclic) bond motifs is 3. The Bertz CT molecular complexity index is 1870. The van der Waals surface area contributed by atoms with E-state index < -0.39 is 0 Å². The molecule has 0 unspecified atom stereocenters. The van der Waals surface area contributed by atoms with E-state index in [9.17, 15) is 14.4 Å². The van der Waals surface area contributed by atoms with E-state index in [1.165, 1.54) is 0 Å². The van der Waals surface area contributed by atoms with Gasteiger partial charge in [-0.1, -0.05) is 18.2 Å². The average Bonchev–Trinajstić information content (AvgIpc) is 3.37. The SMILES string of the molecule is Cc1c[nH]c2c1[C@@]13C[C@@H]1CN(C(=O)c1cc4cc(NC(=O)c5cc6ccccc6o5)ccc4[nH]1)C3=CC2=O. The van der Waals surface area contributed by atoms with Crippen molar-refractivity contribution in [1.82, 2.24) is 14.9 Å². The summed E-state index contributed by atoms with van der Waals surface area (Å²) in [5.41, 5.74) is 5.84. The Morgan fingerprint density at radius 3 is 2.84 bits per heavy atom. The number of anilines is 1. The van der Waals surface area contributed by atoms with Gasteiger partial charge in [0.2, 0.25) is 5.78 Å². The van der Waals surface area contributed by atoms with Gasteiger partial charge >= 0.3 is 0 Å². The van der Waals surface area contributed by atoms with Crippen LogP contribution in [-0.4, -0.2) is 39.0 Å². The van der Waals surface area contributed by atoms with E-state index in [4.69, 9.17) is 4.42 Å². The second-order valence-corrected chi connectivity index (χ2v) is 10.5. The van der Waals surface area contributed by atoms with Gasteiger partial charge in [0.15, 0.2) is 5.76 Å². The molecule has 186 valence electrons. The van der Waals surface area contributed by atoms with Crippen molar-refractivity contribution >= 4 is 45.2 Å². The Hall–Kier alpha value is -4.85. The van der Waals surface area contributed by atoms with Crippen LogP contribution in [0.15, 0.2) is 77.0 Å². The molecule has 38 heavy (non-hydrogen) atoms. The number of amides is 2. The number of aromatic nitrogens is 2. The summed E-state index contributed by atoms with van der Waals surface area (Å²) in [6.07, 6.45) is 4.48. The Morgan fingerprint density at radius 2 is 1.97 bits per heavy atom. The number of allylic oxidation sites excluding steroid dienone is 2. The van der Waals surface area contributed by atoms with Crippen LogP contribution in [-0.2, 0) is 5.41 Å². The van der Waals surface area contributed by atoms with E-state index in [1.54, 1.807) is 29.2 Å². The van der Waals surface area contributed by atoms with E-state index in [2.05, 4.69) is 15.3 Å². The van der Waals surface area contributed by atoms with Crippen molar-refractivity contribution in [2.24, 2.45) is 5.92 Å². The molecule has 3 aromatic heterocycles. The summed E-state index contributed by atoms with van der Waals surface area (Å²) in [5, 5.41) is 4.54. The number of para-hydroxylation sites is 1.